The fourth-order valence-corrected chi connectivity index (χ4v) is 2.44. The third-order valence-electron chi connectivity index (χ3n) is 3.49. The number of hydrogen-bond donors (Lipinski definition) is 3. The second-order valence-electron chi connectivity index (χ2n) is 4.47. The Kier molecular flexibility index (Phi) is 5.65. The van der Waals surface area contributed by atoms with Crippen LogP contribution in [-0.4, -0.2) is 17.0 Å². The zero-order chi connectivity index (χ0) is 16.2. The monoisotopic (exact) mass is 363 g/mol. The lowest BCUT2D eigenvalue weighted by Crippen LogP contribution is -2.46. The Labute approximate surface area is 129 Å². The van der Waals surface area contributed by atoms with Crippen molar-refractivity contribution in [2.45, 2.75) is 26.7 Å². The van der Waals surface area contributed by atoms with Gasteiger partial charge in [0.05, 0.1) is 0 Å². The molecule has 1 rings (SSSR count). The summed E-state index contributed by atoms with van der Waals surface area (Å²) in [6, 6.07) is 2.06. The third-order valence-corrected chi connectivity index (χ3v) is 3.94. The van der Waals surface area contributed by atoms with Crippen LogP contribution >= 0.6 is 15.9 Å². The first-order valence-corrected chi connectivity index (χ1v) is 7.05. The van der Waals surface area contributed by atoms with Crippen molar-refractivity contribution >= 4 is 33.4 Å². The molecule has 1 aromatic rings. The SMILES string of the molecule is CCC(CC)(C(=O)Nc1c(F)cc(Br)cc1F)C(N)=NO. The van der Waals surface area contributed by atoms with E-state index in [4.69, 9.17) is 10.9 Å². The Morgan fingerprint density at radius 2 is 1.86 bits per heavy atom. The van der Waals surface area contributed by atoms with Crippen molar-refractivity contribution in [1.82, 2.24) is 0 Å². The maximum atomic E-state index is 13.8. The number of amides is 1. The topological polar surface area (TPSA) is 87.7 Å². The van der Waals surface area contributed by atoms with Gasteiger partial charge >= 0.3 is 0 Å². The van der Waals surface area contributed by atoms with Crippen molar-refractivity contribution in [3.63, 3.8) is 0 Å². The number of amidine groups is 1. The molecule has 8 heteroatoms. The summed E-state index contributed by atoms with van der Waals surface area (Å²) < 4.78 is 27.7. The van der Waals surface area contributed by atoms with E-state index in [2.05, 4.69) is 26.4 Å². The van der Waals surface area contributed by atoms with Gasteiger partial charge in [-0.05, 0) is 25.0 Å². The van der Waals surface area contributed by atoms with E-state index in [0.717, 1.165) is 12.1 Å². The number of nitrogens with one attached hydrogen (secondary N) is 1. The summed E-state index contributed by atoms with van der Waals surface area (Å²) in [4.78, 5) is 12.4. The molecule has 0 atom stereocenters. The smallest absolute Gasteiger partial charge is 0.238 e. The van der Waals surface area contributed by atoms with Gasteiger partial charge in [-0.15, -0.1) is 0 Å². The number of hydrogen-bond acceptors (Lipinski definition) is 3. The molecule has 0 aliphatic carbocycles. The summed E-state index contributed by atoms with van der Waals surface area (Å²) >= 11 is 2.95. The largest absolute Gasteiger partial charge is 0.409 e. The Bertz CT molecular complexity index is 552. The number of carbonyl (C=O) groups excluding carboxylic acids is 1. The van der Waals surface area contributed by atoms with Crippen LogP contribution in [0, 0.1) is 17.0 Å². The van der Waals surface area contributed by atoms with E-state index in [1.165, 1.54) is 0 Å². The molecule has 21 heavy (non-hydrogen) atoms. The summed E-state index contributed by atoms with van der Waals surface area (Å²) in [5, 5.41) is 13.9. The number of nitrogens with zero attached hydrogens (tertiary/aromatic N) is 1. The predicted octanol–water partition coefficient (Wildman–Crippen LogP) is 3.22. The van der Waals surface area contributed by atoms with Crippen LogP contribution in [0.25, 0.3) is 0 Å². The molecule has 4 N–H and O–H groups in total. The molecule has 0 spiro atoms. The van der Waals surface area contributed by atoms with Crippen LogP contribution < -0.4 is 11.1 Å². The van der Waals surface area contributed by atoms with Crippen LogP contribution in [0.15, 0.2) is 21.8 Å². The highest BCUT2D eigenvalue weighted by molar-refractivity contribution is 9.10. The van der Waals surface area contributed by atoms with E-state index < -0.39 is 28.6 Å². The molecular formula is C13H16BrF2N3O2. The summed E-state index contributed by atoms with van der Waals surface area (Å²) in [7, 11) is 0. The quantitative estimate of drug-likeness (QED) is 0.324. The number of nitrogens with two attached hydrogens (primary N) is 1. The molecule has 1 amide bonds. The summed E-state index contributed by atoms with van der Waals surface area (Å²) in [5.41, 5.74) is 3.67. The highest BCUT2D eigenvalue weighted by atomic mass is 79.9. The molecule has 0 saturated carbocycles. The second-order valence-corrected chi connectivity index (χ2v) is 5.39. The van der Waals surface area contributed by atoms with Gasteiger partial charge in [0.2, 0.25) is 5.91 Å². The standard InChI is InChI=1S/C13H16BrF2N3O2/c1-3-13(4-2,11(17)19-21)12(20)18-10-8(15)5-7(14)6-9(10)16/h5-6,21H,3-4H2,1-2H3,(H2,17,19)(H,18,20). The Morgan fingerprint density at radius 3 is 2.24 bits per heavy atom. The fourth-order valence-electron chi connectivity index (χ4n) is 2.04. The summed E-state index contributed by atoms with van der Waals surface area (Å²) in [5.74, 6) is -2.88. The number of rotatable bonds is 5. The molecule has 0 aromatic heterocycles. The molecule has 0 saturated heterocycles. The average molecular weight is 364 g/mol. The van der Waals surface area contributed by atoms with Crippen LogP contribution in [0.2, 0.25) is 0 Å². The van der Waals surface area contributed by atoms with Crippen molar-refractivity contribution in [1.29, 1.82) is 0 Å². The average Bonchev–Trinajstić information content (AvgIpc) is 2.44. The molecule has 0 aliphatic heterocycles. The number of oxime groups is 1. The maximum Gasteiger partial charge on any atom is 0.238 e. The van der Waals surface area contributed by atoms with Gasteiger partial charge in [-0.3, -0.25) is 4.79 Å². The van der Waals surface area contributed by atoms with E-state index >= 15 is 0 Å². The number of carbonyl (C=O) groups is 1. The van der Waals surface area contributed by atoms with Crippen molar-refractivity contribution in [2.75, 3.05) is 5.32 Å². The minimum atomic E-state index is -1.33. The number of benzene rings is 1. The van der Waals surface area contributed by atoms with Gasteiger partial charge in [-0.1, -0.05) is 34.9 Å². The molecule has 0 heterocycles. The van der Waals surface area contributed by atoms with Gasteiger partial charge in [-0.2, -0.15) is 0 Å². The molecule has 0 aliphatic rings. The van der Waals surface area contributed by atoms with E-state index in [1.54, 1.807) is 13.8 Å². The third kappa shape index (κ3) is 3.31. The number of anilines is 1. The molecule has 1 aromatic carbocycles. The molecule has 0 fully saturated rings. The molecule has 5 nitrogen and oxygen atoms in total. The van der Waals surface area contributed by atoms with E-state index in [9.17, 15) is 13.6 Å². The Balaban J connectivity index is 3.21. The first kappa shape index (κ1) is 17.4. The lowest BCUT2D eigenvalue weighted by atomic mass is 9.80. The van der Waals surface area contributed by atoms with Gasteiger partial charge in [0.1, 0.15) is 11.1 Å². The van der Waals surface area contributed by atoms with E-state index in [0.29, 0.717) is 0 Å². The van der Waals surface area contributed by atoms with Crippen molar-refractivity contribution in [3.8, 4) is 0 Å². The highest BCUT2D eigenvalue weighted by Gasteiger charge is 2.40. The van der Waals surface area contributed by atoms with Crippen LogP contribution in [0.5, 0.6) is 0 Å². The fraction of sp³-hybridized carbons (Fsp3) is 0.385. The number of halogens is 3. The highest BCUT2D eigenvalue weighted by Crippen LogP contribution is 2.31. The van der Waals surface area contributed by atoms with Crippen LogP contribution in [0.3, 0.4) is 0 Å². The first-order chi connectivity index (χ1) is 9.82. The van der Waals surface area contributed by atoms with Crippen LogP contribution in [0.4, 0.5) is 14.5 Å². The normalized spacial score (nSPS) is 12.3. The zero-order valence-corrected chi connectivity index (χ0v) is 13.2. The van der Waals surface area contributed by atoms with Crippen molar-refractivity contribution < 1.29 is 18.8 Å². The van der Waals surface area contributed by atoms with E-state index in [1.807, 2.05) is 0 Å². The van der Waals surface area contributed by atoms with Crippen molar-refractivity contribution in [3.05, 3.63) is 28.2 Å². The first-order valence-electron chi connectivity index (χ1n) is 6.26. The summed E-state index contributed by atoms with van der Waals surface area (Å²) in [6.07, 6.45) is 0.427. The van der Waals surface area contributed by atoms with E-state index in [-0.39, 0.29) is 23.1 Å². The van der Waals surface area contributed by atoms with Crippen LogP contribution in [0.1, 0.15) is 26.7 Å². The van der Waals surface area contributed by atoms with Gasteiger partial charge in [-0.25, -0.2) is 8.78 Å². The van der Waals surface area contributed by atoms with Crippen molar-refractivity contribution in [2.24, 2.45) is 16.3 Å². The van der Waals surface area contributed by atoms with Crippen LogP contribution in [-0.2, 0) is 4.79 Å². The molecule has 0 bridgehead atoms. The Morgan fingerprint density at radius 1 is 1.38 bits per heavy atom. The Hall–Kier alpha value is -1.70. The molecule has 0 unspecified atom stereocenters. The minimum absolute atomic E-state index is 0.212. The van der Waals surface area contributed by atoms with Gasteiger partial charge in [0.15, 0.2) is 17.5 Å². The minimum Gasteiger partial charge on any atom is -0.409 e. The molecular weight excluding hydrogens is 348 g/mol. The second kappa shape index (κ2) is 6.84. The van der Waals surface area contributed by atoms with Gasteiger partial charge < -0.3 is 16.3 Å². The maximum absolute atomic E-state index is 13.8. The zero-order valence-electron chi connectivity index (χ0n) is 11.6. The van der Waals surface area contributed by atoms with Gasteiger partial charge in [0.25, 0.3) is 0 Å². The predicted molar refractivity (Wildman–Crippen MR) is 79.1 cm³/mol. The molecule has 116 valence electrons. The van der Waals surface area contributed by atoms with Gasteiger partial charge in [0, 0.05) is 4.47 Å². The summed E-state index contributed by atoms with van der Waals surface area (Å²) in [6.45, 7) is 3.32. The lowest BCUT2D eigenvalue weighted by molar-refractivity contribution is -0.122. The lowest BCUT2D eigenvalue weighted by Gasteiger charge is -2.28. The molecule has 0 radical (unpaired) electrons.